The van der Waals surface area contributed by atoms with Crippen LogP contribution in [0.15, 0.2) is 58.1 Å². The molecule has 0 atom stereocenters. The zero-order valence-corrected chi connectivity index (χ0v) is 19.5. The van der Waals surface area contributed by atoms with E-state index in [1.807, 2.05) is 16.8 Å². The minimum Gasteiger partial charge on any atom is -0.326 e. The van der Waals surface area contributed by atoms with E-state index in [2.05, 4.69) is 10.6 Å². The maximum absolute atomic E-state index is 12.5. The first-order valence-corrected chi connectivity index (χ1v) is 12.6. The number of anilines is 2. The van der Waals surface area contributed by atoms with Gasteiger partial charge in [0.1, 0.15) is 0 Å². The minimum absolute atomic E-state index is 0.110. The molecule has 0 radical (unpaired) electrons. The molecule has 0 aliphatic carbocycles. The van der Waals surface area contributed by atoms with Crippen LogP contribution in [0.25, 0.3) is 0 Å². The van der Waals surface area contributed by atoms with Crippen molar-refractivity contribution in [3.05, 3.63) is 74.4 Å². The summed E-state index contributed by atoms with van der Waals surface area (Å²) < 4.78 is 23.1. The van der Waals surface area contributed by atoms with E-state index in [1.165, 1.54) is 36.4 Å². The molecule has 1 heterocycles. The molecule has 2 aromatic carbocycles. The van der Waals surface area contributed by atoms with Gasteiger partial charge in [-0.15, -0.1) is 0 Å². The molecule has 162 valence electrons. The van der Waals surface area contributed by atoms with Crippen LogP contribution in [0.1, 0.15) is 22.3 Å². The highest BCUT2D eigenvalue weighted by atomic mass is 35.5. The molecule has 0 fully saturated rings. The molecule has 10 heteroatoms. The van der Waals surface area contributed by atoms with Crippen LogP contribution in [0.5, 0.6) is 0 Å². The molecule has 0 saturated heterocycles. The Balaban J connectivity index is 1.67. The number of amides is 2. The summed E-state index contributed by atoms with van der Waals surface area (Å²) in [4.78, 5) is 24.8. The van der Waals surface area contributed by atoms with E-state index in [1.54, 1.807) is 11.3 Å². The summed E-state index contributed by atoms with van der Waals surface area (Å²) in [6.45, 7) is 0. The lowest BCUT2D eigenvalue weighted by Gasteiger charge is -2.12. The Morgan fingerprint density at radius 2 is 1.65 bits per heavy atom. The summed E-state index contributed by atoms with van der Waals surface area (Å²) >= 11 is 14.1. The Kier molecular flexibility index (Phi) is 7.38. The number of halogens is 2. The number of rotatable bonds is 7. The molecule has 0 saturated carbocycles. The molecule has 2 N–H and O–H groups in total. The zero-order valence-electron chi connectivity index (χ0n) is 16.3. The molecule has 0 aliphatic heterocycles. The van der Waals surface area contributed by atoms with Gasteiger partial charge in [-0.3, -0.25) is 9.59 Å². The fourth-order valence-electron chi connectivity index (χ4n) is 2.72. The quantitative estimate of drug-likeness (QED) is 0.465. The molecular weight excluding hydrogens is 479 g/mol. The van der Waals surface area contributed by atoms with Crippen LogP contribution in [-0.4, -0.2) is 26.5 Å². The molecule has 2 amide bonds. The second kappa shape index (κ2) is 9.82. The van der Waals surface area contributed by atoms with Gasteiger partial charge < -0.3 is 10.6 Å². The highest BCUT2D eigenvalue weighted by molar-refractivity contribution is 7.90. The number of hydrogen-bond acceptors (Lipinski definition) is 5. The molecule has 1 aromatic heterocycles. The first-order valence-electron chi connectivity index (χ1n) is 9.05. The Morgan fingerprint density at radius 3 is 2.19 bits per heavy atom. The Labute approximate surface area is 194 Å². The maximum atomic E-state index is 12.5. The summed E-state index contributed by atoms with van der Waals surface area (Å²) in [6.07, 6.45) is 2.03. The molecule has 0 bridgehead atoms. The SMILES string of the molecule is CS(=O)(=O)c1ccc(C(=O)Nc2c(Cl)cc(NC(=O)CCc3ccsc3)cc2Cl)cc1. The van der Waals surface area contributed by atoms with Crippen LogP contribution in [-0.2, 0) is 21.1 Å². The van der Waals surface area contributed by atoms with Gasteiger partial charge in [0.2, 0.25) is 5.91 Å². The van der Waals surface area contributed by atoms with E-state index >= 15 is 0 Å². The van der Waals surface area contributed by atoms with Crippen molar-refractivity contribution in [2.45, 2.75) is 17.7 Å². The number of aryl methyl sites for hydroxylation is 1. The maximum Gasteiger partial charge on any atom is 0.255 e. The van der Waals surface area contributed by atoms with Crippen molar-refractivity contribution in [3.63, 3.8) is 0 Å². The van der Waals surface area contributed by atoms with Crippen molar-refractivity contribution in [1.29, 1.82) is 0 Å². The van der Waals surface area contributed by atoms with Crippen LogP contribution < -0.4 is 10.6 Å². The van der Waals surface area contributed by atoms with E-state index in [9.17, 15) is 18.0 Å². The lowest BCUT2D eigenvalue weighted by Crippen LogP contribution is -2.14. The first kappa shape index (κ1) is 23.3. The van der Waals surface area contributed by atoms with Gasteiger partial charge >= 0.3 is 0 Å². The lowest BCUT2D eigenvalue weighted by molar-refractivity contribution is -0.116. The van der Waals surface area contributed by atoms with Gasteiger partial charge in [0.05, 0.1) is 20.6 Å². The fraction of sp³-hybridized carbons (Fsp3) is 0.143. The largest absolute Gasteiger partial charge is 0.326 e. The number of nitrogens with one attached hydrogen (secondary N) is 2. The average molecular weight is 497 g/mol. The van der Waals surface area contributed by atoms with E-state index in [0.29, 0.717) is 18.5 Å². The van der Waals surface area contributed by atoms with E-state index in [4.69, 9.17) is 23.2 Å². The average Bonchev–Trinajstić information content (AvgIpc) is 3.22. The smallest absolute Gasteiger partial charge is 0.255 e. The summed E-state index contributed by atoms with van der Waals surface area (Å²) in [5.41, 5.74) is 1.95. The number of sulfone groups is 1. The van der Waals surface area contributed by atoms with Crippen LogP contribution in [0.3, 0.4) is 0 Å². The van der Waals surface area contributed by atoms with E-state index in [-0.39, 0.29) is 32.1 Å². The van der Waals surface area contributed by atoms with Gasteiger partial charge in [0.25, 0.3) is 5.91 Å². The molecule has 6 nitrogen and oxygen atoms in total. The third-order valence-electron chi connectivity index (χ3n) is 4.33. The topological polar surface area (TPSA) is 92.3 Å². The molecular formula is C21H18Cl2N2O4S2. The Morgan fingerprint density at radius 1 is 1.00 bits per heavy atom. The summed E-state index contributed by atoms with van der Waals surface area (Å²) in [6, 6.07) is 10.5. The van der Waals surface area contributed by atoms with E-state index < -0.39 is 15.7 Å². The fourth-order valence-corrected chi connectivity index (χ4v) is 4.64. The standard InChI is InChI=1S/C21H18Cl2N2O4S2/c1-31(28,29)16-5-3-14(4-6-16)21(27)25-20-17(22)10-15(11-18(20)23)24-19(26)7-2-13-8-9-30-12-13/h3-6,8-12H,2,7H2,1H3,(H,24,26)(H,25,27). The molecule has 0 spiro atoms. The van der Waals surface area contributed by atoms with Crippen molar-refractivity contribution < 1.29 is 18.0 Å². The number of thiophene rings is 1. The number of carbonyl (C=O) groups excluding carboxylic acids is 2. The van der Waals surface area contributed by atoms with Gasteiger partial charge in [-0.1, -0.05) is 23.2 Å². The zero-order chi connectivity index (χ0) is 22.6. The summed E-state index contributed by atoms with van der Waals surface area (Å²) in [5, 5.41) is 9.62. The van der Waals surface area contributed by atoms with Crippen LogP contribution in [0, 0.1) is 0 Å². The third-order valence-corrected chi connectivity index (χ3v) is 6.79. The van der Waals surface area contributed by atoms with Crippen LogP contribution in [0.4, 0.5) is 11.4 Å². The van der Waals surface area contributed by atoms with Crippen molar-refractivity contribution in [2.24, 2.45) is 0 Å². The predicted molar refractivity (Wildman–Crippen MR) is 125 cm³/mol. The van der Waals surface area contributed by atoms with Crippen LogP contribution >= 0.6 is 34.5 Å². The molecule has 0 aliphatic rings. The Hall–Kier alpha value is -2.39. The summed E-state index contributed by atoms with van der Waals surface area (Å²) in [7, 11) is -3.36. The van der Waals surface area contributed by atoms with Gasteiger partial charge in [0.15, 0.2) is 9.84 Å². The molecule has 3 aromatic rings. The first-order chi connectivity index (χ1) is 14.6. The van der Waals surface area contributed by atoms with E-state index in [0.717, 1.165) is 11.8 Å². The van der Waals surface area contributed by atoms with Crippen LogP contribution in [0.2, 0.25) is 10.0 Å². The van der Waals surface area contributed by atoms with Gasteiger partial charge in [0, 0.05) is 23.9 Å². The number of hydrogen-bond donors (Lipinski definition) is 2. The number of benzene rings is 2. The molecule has 31 heavy (non-hydrogen) atoms. The third kappa shape index (κ3) is 6.30. The predicted octanol–water partition coefficient (Wildman–Crippen LogP) is 5.28. The molecule has 3 rings (SSSR count). The highest BCUT2D eigenvalue weighted by Gasteiger charge is 2.15. The normalized spacial score (nSPS) is 11.2. The highest BCUT2D eigenvalue weighted by Crippen LogP contribution is 2.34. The monoisotopic (exact) mass is 496 g/mol. The number of carbonyl (C=O) groups is 2. The van der Waals surface area contributed by atoms with Gasteiger partial charge in [-0.25, -0.2) is 8.42 Å². The summed E-state index contributed by atoms with van der Waals surface area (Å²) in [5.74, 6) is -0.683. The lowest BCUT2D eigenvalue weighted by atomic mass is 10.2. The van der Waals surface area contributed by atoms with Crippen molar-refractivity contribution in [1.82, 2.24) is 0 Å². The minimum atomic E-state index is -3.36. The van der Waals surface area contributed by atoms with Crippen molar-refractivity contribution >= 4 is 67.6 Å². The van der Waals surface area contributed by atoms with Gasteiger partial charge in [-0.2, -0.15) is 11.3 Å². The second-order valence-electron chi connectivity index (χ2n) is 6.75. The van der Waals surface area contributed by atoms with Gasteiger partial charge in [-0.05, 0) is 65.2 Å². The molecule has 0 unspecified atom stereocenters. The van der Waals surface area contributed by atoms with Crippen molar-refractivity contribution in [3.8, 4) is 0 Å². The second-order valence-corrected chi connectivity index (χ2v) is 10.4. The van der Waals surface area contributed by atoms with Crippen molar-refractivity contribution in [2.75, 3.05) is 16.9 Å². The Bertz CT molecular complexity index is 1190.